The second kappa shape index (κ2) is 13.9. The molecule has 0 unspecified atom stereocenters. The van der Waals surface area contributed by atoms with Crippen LogP contribution in [-0.2, 0) is 0 Å². The van der Waals surface area contributed by atoms with Crippen molar-refractivity contribution in [3.05, 3.63) is 24.2 Å². The highest BCUT2D eigenvalue weighted by atomic mass is 127. The van der Waals surface area contributed by atoms with E-state index >= 15 is 0 Å². The lowest BCUT2D eigenvalue weighted by Gasteiger charge is -2.30. The number of carbonyl (C=O) groups is 1. The molecule has 0 fully saturated rings. The minimum Gasteiger partial charge on any atom is -0.459 e. The van der Waals surface area contributed by atoms with Gasteiger partial charge in [0.1, 0.15) is 0 Å². The van der Waals surface area contributed by atoms with E-state index in [4.69, 9.17) is 4.42 Å². The fourth-order valence-electron chi connectivity index (χ4n) is 2.65. The summed E-state index contributed by atoms with van der Waals surface area (Å²) in [7, 11) is 1.74. The Bertz CT molecular complexity index is 510. The van der Waals surface area contributed by atoms with Gasteiger partial charge in [-0.3, -0.25) is 14.7 Å². The van der Waals surface area contributed by atoms with E-state index in [9.17, 15) is 4.79 Å². The molecule has 26 heavy (non-hydrogen) atoms. The molecular weight excluding hydrogens is 445 g/mol. The summed E-state index contributed by atoms with van der Waals surface area (Å²) in [5.74, 6) is 0.854. The molecule has 150 valence electrons. The molecule has 1 amide bonds. The largest absolute Gasteiger partial charge is 0.459 e. The van der Waals surface area contributed by atoms with Gasteiger partial charge in [-0.25, -0.2) is 0 Å². The van der Waals surface area contributed by atoms with Crippen LogP contribution in [0.15, 0.2) is 27.8 Å². The number of nitrogens with one attached hydrogen (secondary N) is 3. The van der Waals surface area contributed by atoms with Gasteiger partial charge < -0.3 is 20.4 Å². The number of nitrogens with zero attached hydrogens (tertiary/aromatic N) is 2. The predicted molar refractivity (Wildman–Crippen MR) is 117 cm³/mol. The average molecular weight is 479 g/mol. The standard InChI is InChI=1S/C18H33N5O2.HI/c1-14(2)23(15(3)4)12-7-9-21-18(19-5)22-11-10-20-17(24)16-8-6-13-25-16;/h6,8,13-15H,7,9-12H2,1-5H3,(H,20,24)(H2,19,21,22);1H. The third-order valence-electron chi connectivity index (χ3n) is 3.88. The van der Waals surface area contributed by atoms with Gasteiger partial charge in [0.15, 0.2) is 11.7 Å². The summed E-state index contributed by atoms with van der Waals surface area (Å²) >= 11 is 0. The molecular formula is C18H34IN5O2. The van der Waals surface area contributed by atoms with Crippen LogP contribution in [-0.4, -0.2) is 62.1 Å². The number of guanidine groups is 1. The highest BCUT2D eigenvalue weighted by molar-refractivity contribution is 14.0. The number of halogens is 1. The van der Waals surface area contributed by atoms with Gasteiger partial charge in [-0.15, -0.1) is 24.0 Å². The molecule has 0 atom stereocenters. The van der Waals surface area contributed by atoms with Crippen LogP contribution < -0.4 is 16.0 Å². The molecule has 1 aromatic heterocycles. The van der Waals surface area contributed by atoms with Crippen LogP contribution in [0.2, 0.25) is 0 Å². The number of aliphatic imine (C=N–C) groups is 1. The van der Waals surface area contributed by atoms with Gasteiger partial charge in [-0.05, 0) is 46.2 Å². The molecule has 3 N–H and O–H groups in total. The van der Waals surface area contributed by atoms with Gasteiger partial charge in [0.05, 0.1) is 6.26 Å². The maximum atomic E-state index is 11.7. The molecule has 0 bridgehead atoms. The summed E-state index contributed by atoms with van der Waals surface area (Å²) in [6, 6.07) is 4.44. The predicted octanol–water partition coefficient (Wildman–Crippen LogP) is 2.30. The summed E-state index contributed by atoms with van der Waals surface area (Å²) in [6.07, 6.45) is 2.53. The topological polar surface area (TPSA) is 81.9 Å². The number of amides is 1. The summed E-state index contributed by atoms with van der Waals surface area (Å²) < 4.78 is 5.04. The second-order valence-electron chi connectivity index (χ2n) is 6.44. The third kappa shape index (κ3) is 9.42. The molecule has 8 heteroatoms. The SMILES string of the molecule is CN=C(NCCCN(C(C)C)C(C)C)NCCNC(=O)c1ccco1.I. The van der Waals surface area contributed by atoms with Crippen molar-refractivity contribution in [1.82, 2.24) is 20.9 Å². The Labute approximate surface area is 174 Å². The van der Waals surface area contributed by atoms with E-state index in [2.05, 4.69) is 53.5 Å². The van der Waals surface area contributed by atoms with Crippen LogP contribution in [0.1, 0.15) is 44.7 Å². The Kier molecular flexibility index (Phi) is 13.2. The van der Waals surface area contributed by atoms with Crippen LogP contribution in [0, 0.1) is 0 Å². The number of hydrogen-bond donors (Lipinski definition) is 3. The van der Waals surface area contributed by atoms with Crippen LogP contribution in [0.4, 0.5) is 0 Å². The highest BCUT2D eigenvalue weighted by Gasteiger charge is 2.12. The highest BCUT2D eigenvalue weighted by Crippen LogP contribution is 2.05. The normalized spacial score (nSPS) is 11.6. The van der Waals surface area contributed by atoms with Gasteiger partial charge in [-0.1, -0.05) is 0 Å². The first kappa shape index (κ1) is 24.7. The molecule has 1 aromatic rings. The summed E-state index contributed by atoms with van der Waals surface area (Å²) in [5, 5.41) is 9.27. The van der Waals surface area contributed by atoms with Gasteiger partial charge in [0, 0.05) is 45.3 Å². The molecule has 0 spiro atoms. The van der Waals surface area contributed by atoms with Crippen molar-refractivity contribution < 1.29 is 9.21 Å². The minimum absolute atomic E-state index is 0. The lowest BCUT2D eigenvalue weighted by molar-refractivity contribution is 0.0926. The maximum absolute atomic E-state index is 11.7. The summed E-state index contributed by atoms with van der Waals surface area (Å²) in [6.45, 7) is 11.9. The molecule has 0 aliphatic rings. The Morgan fingerprint density at radius 2 is 1.73 bits per heavy atom. The zero-order valence-corrected chi connectivity index (χ0v) is 18.9. The van der Waals surface area contributed by atoms with Crippen LogP contribution in [0.25, 0.3) is 0 Å². The quantitative estimate of drug-likeness (QED) is 0.208. The zero-order valence-electron chi connectivity index (χ0n) is 16.5. The second-order valence-corrected chi connectivity index (χ2v) is 6.44. The van der Waals surface area contributed by atoms with Crippen LogP contribution in [0.3, 0.4) is 0 Å². The molecule has 0 aliphatic heterocycles. The smallest absolute Gasteiger partial charge is 0.287 e. The minimum atomic E-state index is -0.211. The van der Waals surface area contributed by atoms with Crippen LogP contribution >= 0.6 is 24.0 Å². The monoisotopic (exact) mass is 479 g/mol. The fourth-order valence-corrected chi connectivity index (χ4v) is 2.65. The van der Waals surface area contributed by atoms with E-state index in [1.807, 2.05) is 0 Å². The Morgan fingerprint density at radius 3 is 2.27 bits per heavy atom. The first-order valence-corrected chi connectivity index (χ1v) is 8.97. The van der Waals surface area contributed by atoms with Crippen molar-refractivity contribution in [2.24, 2.45) is 4.99 Å². The van der Waals surface area contributed by atoms with E-state index in [0.717, 1.165) is 25.5 Å². The maximum Gasteiger partial charge on any atom is 0.287 e. The summed E-state index contributed by atoms with van der Waals surface area (Å²) in [4.78, 5) is 18.4. The molecule has 7 nitrogen and oxygen atoms in total. The first-order valence-electron chi connectivity index (χ1n) is 8.97. The first-order chi connectivity index (χ1) is 12.0. The zero-order chi connectivity index (χ0) is 18.7. The van der Waals surface area contributed by atoms with Crippen LogP contribution in [0.5, 0.6) is 0 Å². The third-order valence-corrected chi connectivity index (χ3v) is 3.88. The fraction of sp³-hybridized carbons (Fsp3) is 0.667. The Balaban J connectivity index is 0.00000625. The summed E-state index contributed by atoms with van der Waals surface area (Å²) in [5.41, 5.74) is 0. The van der Waals surface area contributed by atoms with E-state index in [1.165, 1.54) is 6.26 Å². The molecule has 0 aromatic carbocycles. The number of hydrogen-bond acceptors (Lipinski definition) is 4. The molecule has 0 saturated heterocycles. The van der Waals surface area contributed by atoms with Crippen molar-refractivity contribution in [1.29, 1.82) is 0 Å². The Morgan fingerprint density at radius 1 is 1.12 bits per heavy atom. The van der Waals surface area contributed by atoms with Gasteiger partial charge in [-0.2, -0.15) is 0 Å². The van der Waals surface area contributed by atoms with Crippen molar-refractivity contribution in [2.45, 2.75) is 46.2 Å². The number of furan rings is 1. The lowest BCUT2D eigenvalue weighted by atomic mass is 10.2. The average Bonchev–Trinajstić information content (AvgIpc) is 3.10. The van der Waals surface area contributed by atoms with Gasteiger partial charge in [0.25, 0.3) is 5.91 Å². The number of carbonyl (C=O) groups excluding carboxylic acids is 1. The van der Waals surface area contributed by atoms with Gasteiger partial charge >= 0.3 is 0 Å². The van der Waals surface area contributed by atoms with Gasteiger partial charge in [0.2, 0.25) is 0 Å². The Hall–Kier alpha value is -1.29. The number of rotatable bonds is 10. The van der Waals surface area contributed by atoms with Crippen molar-refractivity contribution in [2.75, 3.05) is 33.2 Å². The molecule has 1 rings (SSSR count). The van der Waals surface area contributed by atoms with E-state index in [-0.39, 0.29) is 29.9 Å². The van der Waals surface area contributed by atoms with Crippen molar-refractivity contribution in [3.8, 4) is 0 Å². The van der Waals surface area contributed by atoms with E-state index in [0.29, 0.717) is 30.9 Å². The molecule has 0 aliphatic carbocycles. The molecule has 0 radical (unpaired) electrons. The van der Waals surface area contributed by atoms with E-state index in [1.54, 1.807) is 19.2 Å². The lowest BCUT2D eigenvalue weighted by Crippen LogP contribution is -2.43. The van der Waals surface area contributed by atoms with Crippen molar-refractivity contribution in [3.63, 3.8) is 0 Å². The molecule has 0 saturated carbocycles. The molecule has 1 heterocycles. The van der Waals surface area contributed by atoms with E-state index < -0.39 is 0 Å². The van der Waals surface area contributed by atoms with Crippen molar-refractivity contribution >= 4 is 35.8 Å².